The molecule has 0 aromatic heterocycles. The number of rotatable bonds is 8. The zero-order valence-corrected chi connectivity index (χ0v) is 21.4. The SMILES string of the molecule is CC1(C)OC2=C(CNS(=O)(=O)c3ccc(-c4ccccc4)cc3)OC[C@]2(CNC(=O)c2ccccc2)O1. The van der Waals surface area contributed by atoms with Crippen LogP contribution in [0, 0.1) is 0 Å². The largest absolute Gasteiger partial charge is 0.489 e. The van der Waals surface area contributed by atoms with Gasteiger partial charge in [0.1, 0.15) is 6.61 Å². The molecule has 0 aliphatic carbocycles. The van der Waals surface area contributed by atoms with Crippen LogP contribution in [0.4, 0.5) is 0 Å². The fraction of sp³-hybridized carbons (Fsp3) is 0.250. The molecule has 0 saturated carbocycles. The molecule has 5 rings (SSSR count). The molecule has 2 aliphatic heterocycles. The van der Waals surface area contributed by atoms with E-state index in [1.165, 1.54) is 0 Å². The first kappa shape index (κ1) is 25.0. The van der Waals surface area contributed by atoms with Gasteiger partial charge in [-0.25, -0.2) is 13.1 Å². The molecule has 192 valence electrons. The Bertz CT molecular complexity index is 1420. The summed E-state index contributed by atoms with van der Waals surface area (Å²) in [6, 6.07) is 25.3. The van der Waals surface area contributed by atoms with Crippen molar-refractivity contribution in [2.45, 2.75) is 30.1 Å². The monoisotopic (exact) mass is 520 g/mol. The number of sulfonamides is 1. The second-order valence-corrected chi connectivity index (χ2v) is 11.2. The van der Waals surface area contributed by atoms with Crippen LogP contribution in [0.5, 0.6) is 0 Å². The lowest BCUT2D eigenvalue weighted by Gasteiger charge is -2.25. The maximum Gasteiger partial charge on any atom is 0.251 e. The van der Waals surface area contributed by atoms with E-state index >= 15 is 0 Å². The van der Waals surface area contributed by atoms with Crippen molar-refractivity contribution in [3.05, 3.63) is 102 Å². The minimum absolute atomic E-state index is 0.0870. The summed E-state index contributed by atoms with van der Waals surface area (Å²) >= 11 is 0. The third kappa shape index (κ3) is 5.24. The number of ether oxygens (including phenoxy) is 3. The smallest absolute Gasteiger partial charge is 0.251 e. The molecule has 2 N–H and O–H groups in total. The van der Waals surface area contributed by atoms with Gasteiger partial charge in [-0.15, -0.1) is 0 Å². The van der Waals surface area contributed by atoms with Crippen molar-refractivity contribution in [1.29, 1.82) is 0 Å². The molecule has 1 saturated heterocycles. The van der Waals surface area contributed by atoms with Gasteiger partial charge >= 0.3 is 0 Å². The van der Waals surface area contributed by atoms with Crippen LogP contribution in [0.25, 0.3) is 11.1 Å². The first-order valence-electron chi connectivity index (χ1n) is 11.9. The van der Waals surface area contributed by atoms with Crippen LogP contribution >= 0.6 is 0 Å². The van der Waals surface area contributed by atoms with E-state index in [0.29, 0.717) is 17.1 Å². The van der Waals surface area contributed by atoms with Crippen molar-refractivity contribution < 1.29 is 27.4 Å². The van der Waals surface area contributed by atoms with Gasteiger partial charge in [-0.05, 0) is 35.4 Å². The molecule has 0 unspecified atom stereocenters. The Hall–Kier alpha value is -3.66. The Balaban J connectivity index is 1.30. The predicted molar refractivity (Wildman–Crippen MR) is 138 cm³/mol. The maximum absolute atomic E-state index is 13.0. The quantitative estimate of drug-likeness (QED) is 0.468. The Morgan fingerprint density at radius 2 is 1.51 bits per heavy atom. The summed E-state index contributed by atoms with van der Waals surface area (Å²) < 4.78 is 46.5. The number of hydrogen-bond donors (Lipinski definition) is 2. The molecule has 0 radical (unpaired) electrons. The maximum atomic E-state index is 13.0. The summed E-state index contributed by atoms with van der Waals surface area (Å²) in [5.74, 6) is -0.513. The van der Waals surface area contributed by atoms with Crippen LogP contribution in [0.1, 0.15) is 24.2 Å². The molecule has 0 bridgehead atoms. The Morgan fingerprint density at radius 3 is 2.19 bits per heavy atom. The fourth-order valence-corrected chi connectivity index (χ4v) is 5.45. The molecule has 1 amide bonds. The molecular formula is C28H28N2O6S. The van der Waals surface area contributed by atoms with E-state index in [2.05, 4.69) is 10.0 Å². The number of benzene rings is 3. The summed E-state index contributed by atoms with van der Waals surface area (Å²) in [6.07, 6.45) is 0. The minimum atomic E-state index is -3.82. The van der Waals surface area contributed by atoms with Crippen LogP contribution in [0.15, 0.2) is 101 Å². The number of nitrogens with one attached hydrogen (secondary N) is 2. The fourth-order valence-electron chi connectivity index (χ4n) is 4.47. The van der Waals surface area contributed by atoms with Gasteiger partial charge < -0.3 is 19.5 Å². The first-order chi connectivity index (χ1) is 17.7. The highest BCUT2D eigenvalue weighted by molar-refractivity contribution is 7.89. The molecule has 1 atom stereocenters. The standard InChI is InChI=1S/C28H28N2O6S/c1-27(2)35-25-24(34-19-28(25,36-27)18-29-26(31)22-11-7-4-8-12-22)17-30-37(32,33)23-15-13-21(14-16-23)20-9-5-3-6-10-20/h3-16,30H,17-19H2,1-2H3,(H,29,31)/t28-/m0/s1. The molecule has 1 fully saturated rings. The van der Waals surface area contributed by atoms with Crippen molar-refractivity contribution in [3.63, 3.8) is 0 Å². The number of hydrogen-bond acceptors (Lipinski definition) is 6. The lowest BCUT2D eigenvalue weighted by atomic mass is 10.0. The van der Waals surface area contributed by atoms with Crippen LogP contribution in [0.3, 0.4) is 0 Å². The van der Waals surface area contributed by atoms with Crippen LogP contribution in [-0.2, 0) is 24.2 Å². The summed E-state index contributed by atoms with van der Waals surface area (Å²) in [5.41, 5.74) is 1.39. The van der Waals surface area contributed by atoms with Crippen molar-refractivity contribution in [2.24, 2.45) is 0 Å². The lowest BCUT2D eigenvalue weighted by molar-refractivity contribution is -0.170. The summed E-state index contributed by atoms with van der Waals surface area (Å²) in [6.45, 7) is 3.59. The van der Waals surface area contributed by atoms with E-state index in [4.69, 9.17) is 14.2 Å². The van der Waals surface area contributed by atoms with E-state index < -0.39 is 21.4 Å². The minimum Gasteiger partial charge on any atom is -0.489 e. The number of carbonyl (C=O) groups excluding carboxylic acids is 1. The van der Waals surface area contributed by atoms with Gasteiger partial charge in [-0.1, -0.05) is 60.7 Å². The molecular weight excluding hydrogens is 492 g/mol. The molecule has 0 spiro atoms. The van der Waals surface area contributed by atoms with Crippen molar-refractivity contribution >= 4 is 15.9 Å². The Kier molecular flexibility index (Phi) is 6.53. The molecule has 3 aromatic rings. The van der Waals surface area contributed by atoms with Gasteiger partial charge in [0.25, 0.3) is 5.91 Å². The van der Waals surface area contributed by atoms with Crippen molar-refractivity contribution in [2.75, 3.05) is 19.7 Å². The molecule has 3 aromatic carbocycles. The van der Waals surface area contributed by atoms with Crippen molar-refractivity contribution in [1.82, 2.24) is 10.0 Å². The highest BCUT2D eigenvalue weighted by Crippen LogP contribution is 2.45. The molecule has 8 nitrogen and oxygen atoms in total. The van der Waals surface area contributed by atoms with E-state index in [9.17, 15) is 13.2 Å². The zero-order valence-electron chi connectivity index (χ0n) is 20.6. The Morgan fingerprint density at radius 1 is 0.892 bits per heavy atom. The third-order valence-corrected chi connectivity index (χ3v) is 7.62. The first-order valence-corrected chi connectivity index (χ1v) is 13.4. The highest BCUT2D eigenvalue weighted by atomic mass is 32.2. The van der Waals surface area contributed by atoms with Gasteiger partial charge in [0.05, 0.1) is 18.0 Å². The van der Waals surface area contributed by atoms with Crippen LogP contribution in [-0.4, -0.2) is 45.4 Å². The number of amides is 1. The van der Waals surface area contributed by atoms with Crippen LogP contribution in [0.2, 0.25) is 0 Å². The second kappa shape index (κ2) is 9.66. The normalized spacial score (nSPS) is 20.2. The van der Waals surface area contributed by atoms with Gasteiger partial charge in [0.2, 0.25) is 15.8 Å². The average Bonchev–Trinajstić information content (AvgIpc) is 3.37. The second-order valence-electron chi connectivity index (χ2n) is 9.40. The molecule has 2 aliphatic rings. The summed E-state index contributed by atoms with van der Waals surface area (Å²) in [5, 5.41) is 2.88. The number of carbonyl (C=O) groups is 1. The van der Waals surface area contributed by atoms with E-state index in [0.717, 1.165) is 11.1 Å². The highest BCUT2D eigenvalue weighted by Gasteiger charge is 2.56. The van der Waals surface area contributed by atoms with E-state index in [1.807, 2.05) is 36.4 Å². The molecule has 2 heterocycles. The van der Waals surface area contributed by atoms with Gasteiger partial charge in [0, 0.05) is 19.4 Å². The third-order valence-electron chi connectivity index (χ3n) is 6.20. The van der Waals surface area contributed by atoms with E-state index in [-0.39, 0.29) is 30.5 Å². The zero-order chi connectivity index (χ0) is 26.1. The Labute approximate surface area is 216 Å². The lowest BCUT2D eigenvalue weighted by Crippen LogP contribution is -2.46. The van der Waals surface area contributed by atoms with Crippen molar-refractivity contribution in [3.8, 4) is 11.1 Å². The van der Waals surface area contributed by atoms with Gasteiger partial charge in [0.15, 0.2) is 17.1 Å². The average molecular weight is 521 g/mol. The molecule has 9 heteroatoms. The predicted octanol–water partition coefficient (Wildman–Crippen LogP) is 3.83. The summed E-state index contributed by atoms with van der Waals surface area (Å²) in [4.78, 5) is 12.7. The number of fused-ring (bicyclic) bond motifs is 1. The summed E-state index contributed by atoms with van der Waals surface area (Å²) in [7, 11) is -3.82. The van der Waals surface area contributed by atoms with Gasteiger partial charge in [-0.3, -0.25) is 4.79 Å². The molecule has 37 heavy (non-hydrogen) atoms. The van der Waals surface area contributed by atoms with Gasteiger partial charge in [-0.2, -0.15) is 0 Å². The topological polar surface area (TPSA) is 103 Å². The van der Waals surface area contributed by atoms with Crippen LogP contribution < -0.4 is 10.0 Å². The van der Waals surface area contributed by atoms with E-state index in [1.54, 1.807) is 62.4 Å².